The summed E-state index contributed by atoms with van der Waals surface area (Å²) in [6.45, 7) is 2.17. The number of hydrogen-bond donors (Lipinski definition) is 0. The lowest BCUT2D eigenvalue weighted by atomic mass is 10.1. The average Bonchev–Trinajstić information content (AvgIpc) is 2.49. The highest BCUT2D eigenvalue weighted by Crippen LogP contribution is 2.20. The van der Waals surface area contributed by atoms with Crippen LogP contribution in [0.1, 0.15) is 12.5 Å². The van der Waals surface area contributed by atoms with Crippen molar-refractivity contribution in [1.29, 1.82) is 5.26 Å². The van der Waals surface area contributed by atoms with E-state index >= 15 is 0 Å². The van der Waals surface area contributed by atoms with Gasteiger partial charge in [-0.25, -0.2) is 4.68 Å². The molecule has 0 saturated heterocycles. The van der Waals surface area contributed by atoms with E-state index in [4.69, 9.17) is 5.26 Å². The molecule has 0 aliphatic heterocycles. The Bertz CT molecular complexity index is 772. The predicted molar refractivity (Wildman–Crippen MR) is 75.6 cm³/mol. The number of non-ortho nitro benzene ring substituents is 1. The monoisotopic (exact) mass is 284 g/mol. The largest absolute Gasteiger partial charge is 0.271 e. The van der Waals surface area contributed by atoms with Crippen molar-refractivity contribution in [3.8, 4) is 17.3 Å². The highest BCUT2D eigenvalue weighted by molar-refractivity contribution is 5.61. The topological polar surface area (TPSA) is 102 Å². The molecule has 0 atom stereocenters. The van der Waals surface area contributed by atoms with Crippen LogP contribution in [0.25, 0.3) is 11.3 Å². The molecule has 0 N–H and O–H groups in total. The molecular weight excluding hydrogens is 272 g/mol. The molecule has 2 rings (SSSR count). The molecule has 0 saturated carbocycles. The molecule has 0 amide bonds. The fourth-order valence-electron chi connectivity index (χ4n) is 1.92. The first-order valence-corrected chi connectivity index (χ1v) is 6.29. The molecule has 1 aromatic heterocycles. The molecule has 2 aromatic rings. The van der Waals surface area contributed by atoms with Crippen molar-refractivity contribution in [3.05, 3.63) is 56.4 Å². The van der Waals surface area contributed by atoms with Crippen LogP contribution in [0.3, 0.4) is 0 Å². The highest BCUT2D eigenvalue weighted by atomic mass is 16.6. The fourth-order valence-corrected chi connectivity index (χ4v) is 1.92. The van der Waals surface area contributed by atoms with E-state index in [0.29, 0.717) is 23.4 Å². The highest BCUT2D eigenvalue weighted by Gasteiger charge is 2.10. The van der Waals surface area contributed by atoms with Crippen molar-refractivity contribution in [2.24, 2.45) is 0 Å². The van der Waals surface area contributed by atoms with Gasteiger partial charge in [-0.15, -0.1) is 0 Å². The second-order valence-electron chi connectivity index (χ2n) is 4.31. The third-order valence-corrected chi connectivity index (χ3v) is 2.99. The van der Waals surface area contributed by atoms with Gasteiger partial charge < -0.3 is 0 Å². The van der Waals surface area contributed by atoms with Crippen molar-refractivity contribution in [2.45, 2.75) is 19.9 Å². The number of rotatable bonds is 4. The van der Waals surface area contributed by atoms with Crippen LogP contribution in [0, 0.1) is 21.4 Å². The first-order chi connectivity index (χ1) is 10.1. The molecule has 0 radical (unpaired) electrons. The first kappa shape index (κ1) is 14.4. The Morgan fingerprint density at radius 1 is 1.38 bits per heavy atom. The number of nitriles is 1. The van der Waals surface area contributed by atoms with Crippen LogP contribution >= 0.6 is 0 Å². The third-order valence-electron chi connectivity index (χ3n) is 2.99. The summed E-state index contributed by atoms with van der Waals surface area (Å²) < 4.78 is 1.28. The third kappa shape index (κ3) is 2.95. The van der Waals surface area contributed by atoms with Crippen molar-refractivity contribution < 1.29 is 4.92 Å². The smallest absolute Gasteiger partial charge is 0.267 e. The van der Waals surface area contributed by atoms with E-state index in [1.54, 1.807) is 25.1 Å². The van der Waals surface area contributed by atoms with Crippen LogP contribution in [-0.2, 0) is 13.0 Å². The molecule has 21 heavy (non-hydrogen) atoms. The number of aromatic nitrogens is 2. The van der Waals surface area contributed by atoms with Crippen molar-refractivity contribution in [3.63, 3.8) is 0 Å². The number of nitro benzene ring substituents is 1. The molecule has 1 heterocycles. The van der Waals surface area contributed by atoms with Crippen LogP contribution in [0.4, 0.5) is 5.69 Å². The van der Waals surface area contributed by atoms with Gasteiger partial charge in [0, 0.05) is 29.8 Å². The van der Waals surface area contributed by atoms with E-state index in [-0.39, 0.29) is 17.7 Å². The van der Waals surface area contributed by atoms with Gasteiger partial charge in [0.15, 0.2) is 0 Å². The van der Waals surface area contributed by atoms with Gasteiger partial charge in [0.25, 0.3) is 11.2 Å². The zero-order chi connectivity index (χ0) is 15.4. The normalized spacial score (nSPS) is 10.1. The summed E-state index contributed by atoms with van der Waals surface area (Å²) in [4.78, 5) is 22.1. The SMILES string of the molecule is CCn1nc(-c2ccc([N+](=O)[O-])cc2)cc(CC#N)c1=O. The Balaban J connectivity index is 2.53. The van der Waals surface area contributed by atoms with E-state index < -0.39 is 4.92 Å². The first-order valence-electron chi connectivity index (χ1n) is 6.29. The van der Waals surface area contributed by atoms with Gasteiger partial charge in [-0.2, -0.15) is 10.4 Å². The Morgan fingerprint density at radius 2 is 2.05 bits per heavy atom. The summed E-state index contributed by atoms with van der Waals surface area (Å²) in [5, 5.41) is 23.6. The Hall–Kier alpha value is -3.01. The molecule has 0 aliphatic rings. The van der Waals surface area contributed by atoms with Gasteiger partial charge in [0.1, 0.15) is 0 Å². The van der Waals surface area contributed by atoms with Gasteiger partial charge in [-0.05, 0) is 25.1 Å². The predicted octanol–water partition coefficient (Wildman–Crippen LogP) is 1.90. The van der Waals surface area contributed by atoms with Crippen LogP contribution in [0.15, 0.2) is 35.1 Å². The zero-order valence-corrected chi connectivity index (χ0v) is 11.3. The Kier molecular flexibility index (Phi) is 4.09. The lowest BCUT2D eigenvalue weighted by molar-refractivity contribution is -0.384. The second kappa shape index (κ2) is 5.96. The quantitative estimate of drug-likeness (QED) is 0.630. The lowest BCUT2D eigenvalue weighted by Gasteiger charge is -2.07. The molecule has 0 bridgehead atoms. The van der Waals surface area contributed by atoms with Crippen molar-refractivity contribution in [1.82, 2.24) is 9.78 Å². The maximum absolute atomic E-state index is 12.0. The minimum absolute atomic E-state index is 0.00132. The van der Waals surface area contributed by atoms with Crippen LogP contribution < -0.4 is 5.56 Å². The van der Waals surface area contributed by atoms with Crippen LogP contribution in [-0.4, -0.2) is 14.7 Å². The number of aryl methyl sites for hydroxylation is 1. The van der Waals surface area contributed by atoms with E-state index in [9.17, 15) is 14.9 Å². The average molecular weight is 284 g/mol. The molecule has 0 fully saturated rings. The van der Waals surface area contributed by atoms with Crippen molar-refractivity contribution >= 4 is 5.69 Å². The van der Waals surface area contributed by atoms with Crippen molar-refractivity contribution in [2.75, 3.05) is 0 Å². The Morgan fingerprint density at radius 3 is 2.57 bits per heavy atom. The standard InChI is InChI=1S/C14H12N4O3/c1-2-17-14(19)11(7-8-15)9-13(16-17)10-3-5-12(6-4-10)18(20)21/h3-6,9H,2,7H2,1H3. The zero-order valence-electron chi connectivity index (χ0n) is 11.3. The molecule has 1 aromatic carbocycles. The minimum atomic E-state index is -0.481. The van der Waals surface area contributed by atoms with Gasteiger partial charge in [0.2, 0.25) is 0 Å². The van der Waals surface area contributed by atoms with E-state index in [1.807, 2.05) is 6.07 Å². The number of hydrogen-bond acceptors (Lipinski definition) is 5. The van der Waals surface area contributed by atoms with Gasteiger partial charge in [-0.3, -0.25) is 14.9 Å². The number of benzene rings is 1. The van der Waals surface area contributed by atoms with Crippen LogP contribution in [0.5, 0.6) is 0 Å². The summed E-state index contributed by atoms with van der Waals surface area (Å²) in [6, 6.07) is 9.40. The van der Waals surface area contributed by atoms with Gasteiger partial charge in [-0.1, -0.05) is 0 Å². The van der Waals surface area contributed by atoms with Gasteiger partial charge in [0.05, 0.1) is 23.1 Å². The van der Waals surface area contributed by atoms with E-state index in [0.717, 1.165) is 0 Å². The minimum Gasteiger partial charge on any atom is -0.267 e. The Labute approximate surface area is 120 Å². The second-order valence-corrected chi connectivity index (χ2v) is 4.31. The molecule has 0 unspecified atom stereocenters. The van der Waals surface area contributed by atoms with Gasteiger partial charge >= 0.3 is 0 Å². The number of nitrogens with zero attached hydrogens (tertiary/aromatic N) is 4. The summed E-state index contributed by atoms with van der Waals surface area (Å²) >= 11 is 0. The molecule has 7 heteroatoms. The van der Waals surface area contributed by atoms with E-state index in [1.165, 1.54) is 16.8 Å². The number of nitro groups is 1. The summed E-state index contributed by atoms with van der Waals surface area (Å²) in [6.07, 6.45) is 0.00132. The molecule has 0 aliphatic carbocycles. The van der Waals surface area contributed by atoms with E-state index in [2.05, 4.69) is 5.10 Å². The summed E-state index contributed by atoms with van der Waals surface area (Å²) in [7, 11) is 0. The molecule has 106 valence electrons. The molecule has 0 spiro atoms. The lowest BCUT2D eigenvalue weighted by Crippen LogP contribution is -2.25. The van der Waals surface area contributed by atoms with Crippen LogP contribution in [0.2, 0.25) is 0 Å². The summed E-state index contributed by atoms with van der Waals surface area (Å²) in [5.74, 6) is 0. The maximum Gasteiger partial charge on any atom is 0.271 e. The molecular formula is C14H12N4O3. The maximum atomic E-state index is 12.0. The molecule has 7 nitrogen and oxygen atoms in total. The summed E-state index contributed by atoms with van der Waals surface area (Å²) in [5.41, 5.74) is 1.23. The fraction of sp³-hybridized carbons (Fsp3) is 0.214.